The zero-order valence-electron chi connectivity index (χ0n) is 15.4. The van der Waals surface area contributed by atoms with Crippen molar-refractivity contribution in [3.63, 3.8) is 0 Å². The summed E-state index contributed by atoms with van der Waals surface area (Å²) in [6.45, 7) is 3.77. The molecule has 3 aromatic rings. The summed E-state index contributed by atoms with van der Waals surface area (Å²) < 4.78 is 11.2. The number of allylic oxidation sites excluding steroid dienone is 1. The van der Waals surface area contributed by atoms with E-state index in [1.807, 2.05) is 31.2 Å². The summed E-state index contributed by atoms with van der Waals surface area (Å²) in [5, 5.41) is 0. The van der Waals surface area contributed by atoms with E-state index in [4.69, 9.17) is 9.47 Å². The second-order valence-electron chi connectivity index (χ2n) is 6.54. The number of carbonyl (C=O) groups excluding carboxylic acids is 2. The lowest BCUT2D eigenvalue weighted by molar-refractivity contribution is 0.0734. The van der Waals surface area contributed by atoms with E-state index >= 15 is 0 Å². The standard InChI is InChI=1S/C23H17NO4/c1-14-5-3-4-6-17(14)12-20-22(25)21-15(2)11-18(13-19(21)28-20)27-23(26)16-7-9-24-10-8-16/h3-13H,1-2H3/b20-12-. The molecule has 0 aliphatic carbocycles. The van der Waals surface area contributed by atoms with Crippen LogP contribution in [-0.4, -0.2) is 16.7 Å². The maximum Gasteiger partial charge on any atom is 0.343 e. The van der Waals surface area contributed by atoms with Crippen LogP contribution in [-0.2, 0) is 0 Å². The van der Waals surface area contributed by atoms with Gasteiger partial charge in [0.25, 0.3) is 0 Å². The minimum atomic E-state index is -0.498. The van der Waals surface area contributed by atoms with Crippen molar-refractivity contribution in [1.82, 2.24) is 4.98 Å². The molecule has 0 atom stereocenters. The van der Waals surface area contributed by atoms with Gasteiger partial charge in [0.05, 0.1) is 11.1 Å². The van der Waals surface area contributed by atoms with Gasteiger partial charge in [0, 0.05) is 18.5 Å². The molecular weight excluding hydrogens is 354 g/mol. The zero-order chi connectivity index (χ0) is 19.7. The van der Waals surface area contributed by atoms with Gasteiger partial charge in [0.15, 0.2) is 5.76 Å². The maximum atomic E-state index is 12.8. The first-order chi connectivity index (χ1) is 13.5. The molecule has 0 unspecified atom stereocenters. The molecule has 0 bridgehead atoms. The third-order valence-corrected chi connectivity index (χ3v) is 4.55. The predicted octanol–water partition coefficient (Wildman–Crippen LogP) is 4.53. The molecule has 0 radical (unpaired) electrons. The first kappa shape index (κ1) is 17.7. The fourth-order valence-electron chi connectivity index (χ4n) is 3.08. The van der Waals surface area contributed by atoms with Crippen molar-refractivity contribution < 1.29 is 19.1 Å². The molecule has 0 N–H and O–H groups in total. The lowest BCUT2D eigenvalue weighted by Crippen LogP contribution is -2.08. The molecule has 1 aromatic heterocycles. The van der Waals surface area contributed by atoms with Gasteiger partial charge in [-0.3, -0.25) is 9.78 Å². The Bertz CT molecular complexity index is 1120. The third kappa shape index (κ3) is 3.30. The van der Waals surface area contributed by atoms with Gasteiger partial charge in [0.1, 0.15) is 11.5 Å². The minimum Gasteiger partial charge on any atom is -0.452 e. The molecule has 0 fully saturated rings. The fraction of sp³-hybridized carbons (Fsp3) is 0.0870. The number of aryl methyl sites for hydroxylation is 2. The van der Waals surface area contributed by atoms with E-state index in [1.165, 1.54) is 12.4 Å². The largest absolute Gasteiger partial charge is 0.452 e. The zero-order valence-corrected chi connectivity index (χ0v) is 15.4. The summed E-state index contributed by atoms with van der Waals surface area (Å²) >= 11 is 0. The molecule has 2 aromatic carbocycles. The number of pyridine rings is 1. The predicted molar refractivity (Wildman–Crippen MR) is 104 cm³/mol. The summed E-state index contributed by atoms with van der Waals surface area (Å²) in [6.07, 6.45) is 4.78. The van der Waals surface area contributed by atoms with E-state index in [-0.39, 0.29) is 11.5 Å². The number of aromatic nitrogens is 1. The number of benzene rings is 2. The minimum absolute atomic E-state index is 0.178. The van der Waals surface area contributed by atoms with E-state index in [9.17, 15) is 9.59 Å². The molecule has 0 saturated carbocycles. The van der Waals surface area contributed by atoms with E-state index in [1.54, 1.807) is 37.3 Å². The second kappa shape index (κ2) is 7.12. The lowest BCUT2D eigenvalue weighted by atomic mass is 10.0. The number of ether oxygens (including phenoxy) is 2. The third-order valence-electron chi connectivity index (χ3n) is 4.55. The molecule has 5 heteroatoms. The Balaban J connectivity index is 1.63. The van der Waals surface area contributed by atoms with Crippen molar-refractivity contribution >= 4 is 17.8 Å². The van der Waals surface area contributed by atoms with Gasteiger partial charge < -0.3 is 9.47 Å². The summed E-state index contributed by atoms with van der Waals surface area (Å²) in [5.41, 5.74) is 3.54. The smallest absolute Gasteiger partial charge is 0.343 e. The Labute approximate surface area is 162 Å². The monoisotopic (exact) mass is 371 g/mol. The highest BCUT2D eigenvalue weighted by atomic mass is 16.5. The van der Waals surface area contributed by atoms with E-state index in [0.29, 0.717) is 28.2 Å². The highest BCUT2D eigenvalue weighted by molar-refractivity contribution is 6.15. The van der Waals surface area contributed by atoms with Crippen LogP contribution in [0.15, 0.2) is 66.7 Å². The van der Waals surface area contributed by atoms with Gasteiger partial charge in [0.2, 0.25) is 5.78 Å². The Hall–Kier alpha value is -3.73. The Morgan fingerprint density at radius 3 is 2.54 bits per heavy atom. The summed E-state index contributed by atoms with van der Waals surface area (Å²) in [4.78, 5) is 28.9. The number of Topliss-reactive ketones (excluding diaryl/α,β-unsaturated/α-hetero) is 1. The van der Waals surface area contributed by atoms with Gasteiger partial charge in [-0.2, -0.15) is 0 Å². The number of nitrogens with zero attached hydrogens (tertiary/aromatic N) is 1. The number of rotatable bonds is 3. The molecular formula is C23H17NO4. The number of fused-ring (bicyclic) bond motifs is 1. The topological polar surface area (TPSA) is 65.5 Å². The molecule has 4 rings (SSSR count). The number of ketones is 1. The molecule has 0 spiro atoms. The van der Waals surface area contributed by atoms with Crippen LogP contribution in [0, 0.1) is 13.8 Å². The highest BCUT2D eigenvalue weighted by Gasteiger charge is 2.30. The van der Waals surface area contributed by atoms with Crippen LogP contribution in [0.4, 0.5) is 0 Å². The van der Waals surface area contributed by atoms with Crippen LogP contribution >= 0.6 is 0 Å². The van der Waals surface area contributed by atoms with Crippen LogP contribution in [0.5, 0.6) is 11.5 Å². The van der Waals surface area contributed by atoms with Gasteiger partial charge in [-0.1, -0.05) is 24.3 Å². The summed E-state index contributed by atoms with van der Waals surface area (Å²) in [7, 11) is 0. The lowest BCUT2D eigenvalue weighted by Gasteiger charge is -2.07. The van der Waals surface area contributed by atoms with Crippen molar-refractivity contribution in [3.8, 4) is 11.5 Å². The Morgan fingerprint density at radius 1 is 1.04 bits per heavy atom. The molecule has 138 valence electrons. The van der Waals surface area contributed by atoms with Crippen LogP contribution in [0.25, 0.3) is 6.08 Å². The van der Waals surface area contributed by atoms with Crippen molar-refractivity contribution in [1.29, 1.82) is 0 Å². The number of carbonyl (C=O) groups is 2. The molecule has 5 nitrogen and oxygen atoms in total. The summed E-state index contributed by atoms with van der Waals surface area (Å²) in [5.74, 6) is 0.292. The maximum absolute atomic E-state index is 12.8. The molecule has 0 saturated heterocycles. The molecule has 1 aliphatic heterocycles. The first-order valence-electron chi connectivity index (χ1n) is 8.79. The fourth-order valence-corrected chi connectivity index (χ4v) is 3.08. The first-order valence-corrected chi connectivity index (χ1v) is 8.79. The number of esters is 1. The van der Waals surface area contributed by atoms with Crippen molar-refractivity contribution in [2.24, 2.45) is 0 Å². The van der Waals surface area contributed by atoms with Gasteiger partial charge in [-0.15, -0.1) is 0 Å². The molecule has 28 heavy (non-hydrogen) atoms. The van der Waals surface area contributed by atoms with Gasteiger partial charge in [-0.05, 0) is 54.8 Å². The average Bonchev–Trinajstić information content (AvgIpc) is 3.00. The van der Waals surface area contributed by atoms with Crippen LogP contribution in [0.3, 0.4) is 0 Å². The van der Waals surface area contributed by atoms with Crippen molar-refractivity contribution in [2.45, 2.75) is 13.8 Å². The molecule has 1 aliphatic rings. The average molecular weight is 371 g/mol. The van der Waals surface area contributed by atoms with E-state index in [2.05, 4.69) is 4.98 Å². The normalized spacial score (nSPS) is 13.9. The second-order valence-corrected chi connectivity index (χ2v) is 6.54. The Morgan fingerprint density at radius 2 is 1.79 bits per heavy atom. The van der Waals surface area contributed by atoms with Gasteiger partial charge in [-0.25, -0.2) is 4.79 Å². The quantitative estimate of drug-likeness (QED) is 0.384. The van der Waals surface area contributed by atoms with Crippen LogP contribution in [0.2, 0.25) is 0 Å². The van der Waals surface area contributed by atoms with E-state index < -0.39 is 5.97 Å². The van der Waals surface area contributed by atoms with E-state index in [0.717, 1.165) is 11.1 Å². The summed E-state index contributed by atoms with van der Waals surface area (Å²) in [6, 6.07) is 14.1. The molecule has 2 heterocycles. The number of hydrogen-bond acceptors (Lipinski definition) is 5. The van der Waals surface area contributed by atoms with Crippen molar-refractivity contribution in [3.05, 3.63) is 94.5 Å². The Kier molecular flexibility index (Phi) is 4.49. The van der Waals surface area contributed by atoms with Crippen molar-refractivity contribution in [2.75, 3.05) is 0 Å². The van der Waals surface area contributed by atoms with Crippen LogP contribution < -0.4 is 9.47 Å². The SMILES string of the molecule is Cc1ccccc1/C=C1\Oc2cc(OC(=O)c3ccncc3)cc(C)c2C1=O. The van der Waals surface area contributed by atoms with Gasteiger partial charge >= 0.3 is 5.97 Å². The van der Waals surface area contributed by atoms with Crippen LogP contribution in [0.1, 0.15) is 37.4 Å². The highest BCUT2D eigenvalue weighted by Crippen LogP contribution is 2.37. The number of hydrogen-bond donors (Lipinski definition) is 0. The molecule has 0 amide bonds.